The molecule has 2 rings (SSSR count). The number of rotatable bonds is 5. The van der Waals surface area contributed by atoms with E-state index in [2.05, 4.69) is 5.32 Å². The fourth-order valence-corrected chi connectivity index (χ4v) is 2.99. The van der Waals surface area contributed by atoms with Gasteiger partial charge in [0, 0.05) is 11.8 Å². The van der Waals surface area contributed by atoms with Gasteiger partial charge in [0.05, 0.1) is 17.5 Å². The number of carbonyl (C=O) groups is 1. The SMILES string of the molecule is CS(=O)(=O)N(CC(=O)Nc1ccc(F)c(F)c1)c1cccc(C(F)(F)F)c1. The molecule has 0 aliphatic carbocycles. The third kappa shape index (κ3) is 5.39. The van der Waals surface area contributed by atoms with Crippen LogP contribution < -0.4 is 9.62 Å². The molecule has 0 aromatic heterocycles. The highest BCUT2D eigenvalue weighted by Gasteiger charge is 2.32. The number of amides is 1. The highest BCUT2D eigenvalue weighted by Crippen LogP contribution is 2.32. The van der Waals surface area contributed by atoms with Gasteiger partial charge in [-0.2, -0.15) is 13.2 Å². The van der Waals surface area contributed by atoms with E-state index in [9.17, 15) is 35.2 Å². The molecule has 0 saturated carbocycles. The number of sulfonamides is 1. The number of halogens is 5. The molecule has 5 nitrogen and oxygen atoms in total. The van der Waals surface area contributed by atoms with E-state index in [-0.39, 0.29) is 11.4 Å². The second-order valence-corrected chi connectivity index (χ2v) is 7.40. The Morgan fingerprint density at radius 2 is 1.74 bits per heavy atom. The molecule has 2 aromatic rings. The summed E-state index contributed by atoms with van der Waals surface area (Å²) in [4.78, 5) is 12.1. The minimum absolute atomic E-state index is 0.142. The van der Waals surface area contributed by atoms with Crippen LogP contribution in [-0.2, 0) is 21.0 Å². The van der Waals surface area contributed by atoms with Crippen molar-refractivity contribution in [1.29, 1.82) is 0 Å². The molecule has 0 bridgehead atoms. The van der Waals surface area contributed by atoms with Crippen LogP contribution in [0.1, 0.15) is 5.56 Å². The Labute approximate surface area is 151 Å². The van der Waals surface area contributed by atoms with E-state index in [0.717, 1.165) is 36.6 Å². The molecule has 27 heavy (non-hydrogen) atoms. The molecule has 2 aromatic carbocycles. The molecule has 0 aliphatic rings. The first-order valence-electron chi connectivity index (χ1n) is 7.28. The maximum Gasteiger partial charge on any atom is 0.416 e. The van der Waals surface area contributed by atoms with Crippen molar-refractivity contribution < 1.29 is 35.2 Å². The topological polar surface area (TPSA) is 66.5 Å². The zero-order chi connectivity index (χ0) is 20.4. The predicted molar refractivity (Wildman–Crippen MR) is 88.6 cm³/mol. The van der Waals surface area contributed by atoms with Crippen LogP contribution >= 0.6 is 0 Å². The van der Waals surface area contributed by atoms with Gasteiger partial charge in [-0.25, -0.2) is 17.2 Å². The predicted octanol–water partition coefficient (Wildman–Crippen LogP) is 3.39. The van der Waals surface area contributed by atoms with Crippen molar-refractivity contribution in [3.05, 3.63) is 59.7 Å². The van der Waals surface area contributed by atoms with Crippen LogP contribution in [0, 0.1) is 11.6 Å². The molecular formula is C16H13F5N2O3S. The number of nitrogens with zero attached hydrogens (tertiary/aromatic N) is 1. The molecule has 0 atom stereocenters. The Hall–Kier alpha value is -2.69. The van der Waals surface area contributed by atoms with E-state index in [0.29, 0.717) is 16.4 Å². The summed E-state index contributed by atoms with van der Waals surface area (Å²) in [5, 5.41) is 2.15. The van der Waals surface area contributed by atoms with E-state index in [4.69, 9.17) is 0 Å². The zero-order valence-corrected chi connectivity index (χ0v) is 14.5. The summed E-state index contributed by atoms with van der Waals surface area (Å²) in [5.74, 6) is -3.33. The van der Waals surface area contributed by atoms with Crippen LogP contribution in [0.3, 0.4) is 0 Å². The smallest absolute Gasteiger partial charge is 0.324 e. The normalized spacial score (nSPS) is 11.9. The van der Waals surface area contributed by atoms with Crippen LogP contribution in [0.4, 0.5) is 33.3 Å². The average molecular weight is 408 g/mol. The van der Waals surface area contributed by atoms with Gasteiger partial charge < -0.3 is 5.32 Å². The molecule has 0 heterocycles. The number of hydrogen-bond acceptors (Lipinski definition) is 3. The van der Waals surface area contributed by atoms with Crippen molar-refractivity contribution in [3.8, 4) is 0 Å². The maximum atomic E-state index is 13.2. The molecule has 0 spiro atoms. The van der Waals surface area contributed by atoms with E-state index >= 15 is 0 Å². The summed E-state index contributed by atoms with van der Waals surface area (Å²) in [7, 11) is -4.11. The lowest BCUT2D eigenvalue weighted by Crippen LogP contribution is -2.37. The van der Waals surface area contributed by atoms with Gasteiger partial charge >= 0.3 is 6.18 Å². The monoisotopic (exact) mass is 408 g/mol. The van der Waals surface area contributed by atoms with Gasteiger partial charge in [-0.05, 0) is 30.3 Å². The van der Waals surface area contributed by atoms with E-state index in [1.165, 1.54) is 0 Å². The molecule has 0 radical (unpaired) electrons. The summed E-state index contributed by atoms with van der Waals surface area (Å²) in [6, 6.07) is 5.93. The first-order valence-corrected chi connectivity index (χ1v) is 9.12. The molecule has 1 amide bonds. The lowest BCUT2D eigenvalue weighted by atomic mass is 10.2. The number of carbonyl (C=O) groups excluding carboxylic acids is 1. The van der Waals surface area contributed by atoms with E-state index in [1.54, 1.807) is 0 Å². The molecule has 1 N–H and O–H groups in total. The summed E-state index contributed by atoms with van der Waals surface area (Å²) >= 11 is 0. The molecular weight excluding hydrogens is 395 g/mol. The standard InChI is InChI=1S/C16H13F5N2O3S/c1-27(25,26)23(12-4-2-3-10(7-12)16(19,20)21)9-15(24)22-11-5-6-13(17)14(18)8-11/h2-8H,9H2,1H3,(H,22,24). The van der Waals surface area contributed by atoms with Crippen molar-refractivity contribution >= 4 is 27.3 Å². The molecule has 0 fully saturated rings. The first-order chi connectivity index (χ1) is 12.4. The van der Waals surface area contributed by atoms with E-state index in [1.807, 2.05) is 0 Å². The highest BCUT2D eigenvalue weighted by molar-refractivity contribution is 7.92. The van der Waals surface area contributed by atoms with E-state index < -0.39 is 45.8 Å². The number of hydrogen-bond donors (Lipinski definition) is 1. The molecule has 146 valence electrons. The summed E-state index contributed by atoms with van der Waals surface area (Å²) in [6.45, 7) is -0.862. The lowest BCUT2D eigenvalue weighted by molar-refractivity contribution is -0.137. The van der Waals surface area contributed by atoms with Gasteiger partial charge in [-0.3, -0.25) is 9.10 Å². The molecule has 0 unspecified atom stereocenters. The van der Waals surface area contributed by atoms with Gasteiger partial charge in [0.1, 0.15) is 6.54 Å². The van der Waals surface area contributed by atoms with Gasteiger partial charge in [0.2, 0.25) is 15.9 Å². The third-order valence-electron chi connectivity index (χ3n) is 3.35. The minimum Gasteiger partial charge on any atom is -0.324 e. The second-order valence-electron chi connectivity index (χ2n) is 5.49. The van der Waals surface area contributed by atoms with Crippen LogP contribution in [0.15, 0.2) is 42.5 Å². The van der Waals surface area contributed by atoms with Gasteiger partial charge in [0.25, 0.3) is 0 Å². The van der Waals surface area contributed by atoms with Gasteiger partial charge in [-0.15, -0.1) is 0 Å². The Morgan fingerprint density at radius 1 is 1.07 bits per heavy atom. The fourth-order valence-electron chi connectivity index (χ4n) is 2.14. The number of anilines is 2. The maximum absolute atomic E-state index is 13.2. The second kappa shape index (κ2) is 7.51. The Morgan fingerprint density at radius 3 is 2.30 bits per heavy atom. The number of benzene rings is 2. The molecule has 0 saturated heterocycles. The van der Waals surface area contributed by atoms with Crippen LogP contribution in [0.5, 0.6) is 0 Å². The lowest BCUT2D eigenvalue weighted by Gasteiger charge is -2.22. The number of alkyl halides is 3. The molecule has 0 aliphatic heterocycles. The first kappa shape index (κ1) is 20.6. The summed E-state index contributed by atoms with van der Waals surface area (Å²) < 4.78 is 88.9. The van der Waals surface area contributed by atoms with Crippen molar-refractivity contribution in [2.45, 2.75) is 6.18 Å². The van der Waals surface area contributed by atoms with Crippen LogP contribution in [0.25, 0.3) is 0 Å². The van der Waals surface area contributed by atoms with Gasteiger partial charge in [-0.1, -0.05) is 6.07 Å². The Bertz CT molecular complexity index is 961. The average Bonchev–Trinajstić information content (AvgIpc) is 2.54. The van der Waals surface area contributed by atoms with Crippen LogP contribution in [0.2, 0.25) is 0 Å². The Kier molecular flexibility index (Phi) is 5.73. The van der Waals surface area contributed by atoms with Gasteiger partial charge in [0.15, 0.2) is 11.6 Å². The Balaban J connectivity index is 2.27. The van der Waals surface area contributed by atoms with Crippen LogP contribution in [-0.4, -0.2) is 27.1 Å². The van der Waals surface area contributed by atoms with Crippen molar-refractivity contribution in [2.75, 3.05) is 22.4 Å². The highest BCUT2D eigenvalue weighted by atomic mass is 32.2. The summed E-state index contributed by atoms with van der Waals surface area (Å²) in [5.41, 5.74) is -1.60. The fraction of sp³-hybridized carbons (Fsp3) is 0.188. The largest absolute Gasteiger partial charge is 0.416 e. The van der Waals surface area contributed by atoms with Crippen molar-refractivity contribution in [1.82, 2.24) is 0 Å². The third-order valence-corrected chi connectivity index (χ3v) is 4.49. The quantitative estimate of drug-likeness (QED) is 0.772. The summed E-state index contributed by atoms with van der Waals surface area (Å²) in [6.07, 6.45) is -3.98. The molecule has 11 heteroatoms. The zero-order valence-electron chi connectivity index (χ0n) is 13.7. The number of nitrogens with one attached hydrogen (secondary N) is 1. The van der Waals surface area contributed by atoms with Crippen molar-refractivity contribution in [3.63, 3.8) is 0 Å². The minimum atomic E-state index is -4.70. The van der Waals surface area contributed by atoms with Crippen molar-refractivity contribution in [2.24, 2.45) is 0 Å².